The van der Waals surface area contributed by atoms with Crippen molar-refractivity contribution >= 4 is 29.1 Å². The molecule has 1 aliphatic heterocycles. The van der Waals surface area contributed by atoms with Gasteiger partial charge in [0.25, 0.3) is 0 Å². The molecule has 1 saturated heterocycles. The summed E-state index contributed by atoms with van der Waals surface area (Å²) in [6.07, 6.45) is 0.688. The van der Waals surface area contributed by atoms with Gasteiger partial charge in [-0.2, -0.15) is 0 Å². The number of rotatable bonds is 2. The van der Waals surface area contributed by atoms with E-state index in [9.17, 15) is 4.79 Å². The highest BCUT2D eigenvalue weighted by atomic mass is 35.5. The van der Waals surface area contributed by atoms with Crippen LogP contribution in [0.2, 0.25) is 10.0 Å². The number of benzene rings is 1. The predicted octanol–water partition coefficient (Wildman–Crippen LogP) is 2.05. The quantitative estimate of drug-likeness (QED) is 0.883. The Bertz CT molecular complexity index is 379. The summed E-state index contributed by atoms with van der Waals surface area (Å²) in [7, 11) is 0. The first-order chi connectivity index (χ1) is 7.63. The molecule has 2 rings (SSSR count). The van der Waals surface area contributed by atoms with Gasteiger partial charge >= 0.3 is 0 Å². The van der Waals surface area contributed by atoms with Crippen LogP contribution in [0.25, 0.3) is 0 Å². The third-order valence-corrected chi connectivity index (χ3v) is 2.80. The Hall–Kier alpha value is -0.770. The Balaban J connectivity index is 2.00. The zero-order valence-electron chi connectivity index (χ0n) is 8.50. The second-order valence-corrected chi connectivity index (χ2v) is 4.59. The lowest BCUT2D eigenvalue weighted by molar-refractivity contribution is -0.133. The molecule has 0 radical (unpaired) electrons. The number of carbonyl (C=O) groups excluding carboxylic acids is 1. The molecule has 1 aromatic rings. The van der Waals surface area contributed by atoms with E-state index in [1.807, 2.05) is 12.1 Å². The molecule has 1 fully saturated rings. The lowest BCUT2D eigenvalue weighted by Crippen LogP contribution is -2.43. The molecule has 0 unspecified atom stereocenters. The van der Waals surface area contributed by atoms with Crippen LogP contribution in [0, 0.1) is 0 Å². The topological polar surface area (TPSA) is 38.3 Å². The van der Waals surface area contributed by atoms with Crippen LogP contribution in [0.4, 0.5) is 0 Å². The molecule has 1 aliphatic rings. The Morgan fingerprint density at radius 1 is 1.31 bits per heavy atom. The largest absolute Gasteiger partial charge is 0.366 e. The van der Waals surface area contributed by atoms with Gasteiger partial charge in [-0.25, -0.2) is 0 Å². The zero-order valence-corrected chi connectivity index (χ0v) is 10.0. The number of hydrogen-bond donors (Lipinski definition) is 1. The van der Waals surface area contributed by atoms with Crippen LogP contribution in [-0.4, -0.2) is 25.2 Å². The minimum absolute atomic E-state index is 0.00719. The number of nitrogens with one attached hydrogen (secondary N) is 1. The van der Waals surface area contributed by atoms with Gasteiger partial charge in [-0.1, -0.05) is 23.2 Å². The third kappa shape index (κ3) is 3.11. The van der Waals surface area contributed by atoms with Gasteiger partial charge in [0.05, 0.1) is 6.10 Å². The first-order valence-corrected chi connectivity index (χ1v) is 5.72. The zero-order chi connectivity index (χ0) is 11.5. The molecule has 0 bridgehead atoms. The van der Waals surface area contributed by atoms with Gasteiger partial charge in [-0.05, 0) is 23.8 Å². The molecule has 1 heterocycles. The summed E-state index contributed by atoms with van der Waals surface area (Å²) in [5, 5.41) is 3.98. The van der Waals surface area contributed by atoms with Crippen molar-refractivity contribution in [1.82, 2.24) is 5.32 Å². The fraction of sp³-hybridized carbons (Fsp3) is 0.364. The molecule has 3 nitrogen and oxygen atoms in total. The summed E-state index contributed by atoms with van der Waals surface area (Å²) < 4.78 is 5.38. The Labute approximate surface area is 104 Å². The van der Waals surface area contributed by atoms with E-state index in [-0.39, 0.29) is 18.6 Å². The first-order valence-electron chi connectivity index (χ1n) is 4.97. The first kappa shape index (κ1) is 11.7. The van der Waals surface area contributed by atoms with Gasteiger partial charge in [-0.3, -0.25) is 4.79 Å². The van der Waals surface area contributed by atoms with E-state index < -0.39 is 0 Å². The normalized spacial score (nSPS) is 20.6. The van der Waals surface area contributed by atoms with Crippen LogP contribution in [0.5, 0.6) is 0 Å². The fourth-order valence-corrected chi connectivity index (χ4v) is 2.23. The van der Waals surface area contributed by atoms with Gasteiger partial charge in [0.15, 0.2) is 0 Å². The average molecular weight is 260 g/mol. The van der Waals surface area contributed by atoms with Gasteiger partial charge in [-0.15, -0.1) is 0 Å². The second-order valence-electron chi connectivity index (χ2n) is 3.72. The van der Waals surface area contributed by atoms with E-state index in [0.717, 1.165) is 5.56 Å². The van der Waals surface area contributed by atoms with Crippen LogP contribution >= 0.6 is 23.2 Å². The van der Waals surface area contributed by atoms with Gasteiger partial charge in [0, 0.05) is 23.0 Å². The van der Waals surface area contributed by atoms with Crippen molar-refractivity contribution in [1.29, 1.82) is 0 Å². The molecule has 1 aromatic carbocycles. The summed E-state index contributed by atoms with van der Waals surface area (Å²) in [4.78, 5) is 10.9. The standard InChI is InChI=1S/C11H11Cl2NO2/c12-8-1-7(2-9(13)4-8)3-10-5-14-11(15)6-16-10/h1-2,4,10H,3,5-6H2,(H,14,15)/t10-/m1/s1. The second kappa shape index (κ2) is 5.04. The highest BCUT2D eigenvalue weighted by Crippen LogP contribution is 2.20. The van der Waals surface area contributed by atoms with E-state index in [0.29, 0.717) is 23.0 Å². The van der Waals surface area contributed by atoms with Gasteiger partial charge in [0.2, 0.25) is 5.91 Å². The van der Waals surface area contributed by atoms with Crippen molar-refractivity contribution in [3.63, 3.8) is 0 Å². The lowest BCUT2D eigenvalue weighted by Gasteiger charge is -2.23. The van der Waals surface area contributed by atoms with E-state index >= 15 is 0 Å². The summed E-state index contributed by atoms with van der Waals surface area (Å²) in [5.41, 5.74) is 1.01. The molecule has 86 valence electrons. The monoisotopic (exact) mass is 259 g/mol. The van der Waals surface area contributed by atoms with E-state index in [1.165, 1.54) is 0 Å². The molecule has 0 saturated carbocycles. The van der Waals surface area contributed by atoms with Gasteiger partial charge in [0.1, 0.15) is 6.61 Å². The molecular formula is C11H11Cl2NO2. The average Bonchev–Trinajstić information content (AvgIpc) is 2.20. The Morgan fingerprint density at radius 3 is 2.56 bits per heavy atom. The summed E-state index contributed by atoms with van der Waals surface area (Å²) >= 11 is 11.8. The highest BCUT2D eigenvalue weighted by Gasteiger charge is 2.18. The van der Waals surface area contributed by atoms with Crippen molar-refractivity contribution in [2.45, 2.75) is 12.5 Å². The maximum Gasteiger partial charge on any atom is 0.246 e. The number of morpholine rings is 1. The summed E-state index contributed by atoms with van der Waals surface area (Å²) in [5.74, 6) is -0.0691. The predicted molar refractivity (Wildman–Crippen MR) is 62.9 cm³/mol. The number of amides is 1. The maximum absolute atomic E-state index is 10.9. The maximum atomic E-state index is 10.9. The Morgan fingerprint density at radius 2 is 2.00 bits per heavy atom. The number of hydrogen-bond acceptors (Lipinski definition) is 2. The minimum Gasteiger partial charge on any atom is -0.366 e. The van der Waals surface area contributed by atoms with Crippen LogP contribution < -0.4 is 5.32 Å². The van der Waals surface area contributed by atoms with Crippen molar-refractivity contribution in [3.05, 3.63) is 33.8 Å². The molecule has 0 aromatic heterocycles. The molecular weight excluding hydrogens is 249 g/mol. The van der Waals surface area contributed by atoms with Crippen LogP contribution in [0.1, 0.15) is 5.56 Å². The lowest BCUT2D eigenvalue weighted by atomic mass is 10.1. The highest BCUT2D eigenvalue weighted by molar-refractivity contribution is 6.34. The van der Waals surface area contributed by atoms with Crippen molar-refractivity contribution in [3.8, 4) is 0 Å². The van der Waals surface area contributed by atoms with Crippen molar-refractivity contribution in [2.24, 2.45) is 0 Å². The molecule has 1 atom stereocenters. The molecule has 1 amide bonds. The fourth-order valence-electron chi connectivity index (χ4n) is 1.65. The van der Waals surface area contributed by atoms with Crippen LogP contribution in [-0.2, 0) is 16.0 Å². The third-order valence-electron chi connectivity index (χ3n) is 2.36. The number of ether oxygens (including phenoxy) is 1. The van der Waals surface area contributed by atoms with E-state index in [2.05, 4.69) is 5.32 Å². The summed E-state index contributed by atoms with van der Waals surface area (Å²) in [6, 6.07) is 5.40. The molecule has 1 N–H and O–H groups in total. The molecule has 0 aliphatic carbocycles. The van der Waals surface area contributed by atoms with E-state index in [1.54, 1.807) is 6.07 Å². The minimum atomic E-state index is -0.0691. The van der Waals surface area contributed by atoms with Crippen molar-refractivity contribution in [2.75, 3.05) is 13.2 Å². The molecule has 16 heavy (non-hydrogen) atoms. The molecule has 5 heteroatoms. The van der Waals surface area contributed by atoms with Crippen LogP contribution in [0.15, 0.2) is 18.2 Å². The van der Waals surface area contributed by atoms with Gasteiger partial charge < -0.3 is 10.1 Å². The van der Waals surface area contributed by atoms with Crippen molar-refractivity contribution < 1.29 is 9.53 Å². The SMILES string of the molecule is O=C1CO[C@H](Cc2cc(Cl)cc(Cl)c2)CN1. The number of halogens is 2. The number of carbonyl (C=O) groups is 1. The smallest absolute Gasteiger partial charge is 0.246 e. The molecule has 0 spiro atoms. The van der Waals surface area contributed by atoms with E-state index in [4.69, 9.17) is 27.9 Å². The van der Waals surface area contributed by atoms with Crippen LogP contribution in [0.3, 0.4) is 0 Å². The Kier molecular flexibility index (Phi) is 3.69. The summed E-state index contributed by atoms with van der Waals surface area (Å²) in [6.45, 7) is 0.655.